The molecule has 132 valence electrons. The van der Waals surface area contributed by atoms with Gasteiger partial charge in [0, 0.05) is 19.1 Å². The van der Waals surface area contributed by atoms with Crippen LogP contribution in [-0.2, 0) is 22.4 Å². The van der Waals surface area contributed by atoms with Crippen molar-refractivity contribution >= 4 is 22.4 Å². The molecule has 1 aliphatic carbocycles. The van der Waals surface area contributed by atoms with Crippen molar-refractivity contribution in [2.45, 2.75) is 44.9 Å². The summed E-state index contributed by atoms with van der Waals surface area (Å²) in [5, 5.41) is 13.1. The van der Waals surface area contributed by atoms with E-state index in [9.17, 15) is 4.79 Å². The first-order valence-electron chi connectivity index (χ1n) is 8.93. The summed E-state index contributed by atoms with van der Waals surface area (Å²) in [5.41, 5.74) is 2.26. The average molecular weight is 357 g/mol. The van der Waals surface area contributed by atoms with Gasteiger partial charge >= 0.3 is 0 Å². The number of benzene rings is 1. The summed E-state index contributed by atoms with van der Waals surface area (Å²) in [5.74, 6) is 0.464. The van der Waals surface area contributed by atoms with Crippen molar-refractivity contribution in [3.8, 4) is 0 Å². The minimum atomic E-state index is -0.390. The number of carbonyl (C=O) groups is 1. The van der Waals surface area contributed by atoms with Crippen LogP contribution in [0.3, 0.4) is 0 Å². The van der Waals surface area contributed by atoms with Crippen LogP contribution in [0.15, 0.2) is 24.3 Å². The molecule has 0 bridgehead atoms. The van der Waals surface area contributed by atoms with Gasteiger partial charge in [-0.25, -0.2) is 0 Å². The molecule has 6 heteroatoms. The summed E-state index contributed by atoms with van der Waals surface area (Å²) < 4.78 is 5.40. The van der Waals surface area contributed by atoms with Gasteiger partial charge in [-0.05, 0) is 43.2 Å². The van der Waals surface area contributed by atoms with E-state index < -0.39 is 5.41 Å². The van der Waals surface area contributed by atoms with Crippen molar-refractivity contribution in [2.24, 2.45) is 5.41 Å². The first kappa shape index (κ1) is 16.7. The molecule has 4 rings (SSSR count). The van der Waals surface area contributed by atoms with Crippen LogP contribution in [0.4, 0.5) is 5.13 Å². The van der Waals surface area contributed by atoms with E-state index in [1.165, 1.54) is 22.5 Å². The fraction of sp³-hybridized carbons (Fsp3) is 0.526. The Hall–Kier alpha value is -1.79. The molecule has 0 radical (unpaired) electrons. The quantitative estimate of drug-likeness (QED) is 0.912. The predicted molar refractivity (Wildman–Crippen MR) is 97.9 cm³/mol. The lowest BCUT2D eigenvalue weighted by molar-refractivity contribution is -0.125. The average Bonchev–Trinajstić information content (AvgIpc) is 3.11. The molecule has 1 fully saturated rings. The summed E-state index contributed by atoms with van der Waals surface area (Å²) in [7, 11) is 0. The molecule has 1 aromatic carbocycles. The van der Waals surface area contributed by atoms with E-state index in [-0.39, 0.29) is 5.91 Å². The van der Waals surface area contributed by atoms with Crippen LogP contribution in [0, 0.1) is 5.41 Å². The van der Waals surface area contributed by atoms with Gasteiger partial charge < -0.3 is 10.1 Å². The monoisotopic (exact) mass is 357 g/mol. The Morgan fingerprint density at radius 3 is 2.80 bits per heavy atom. The van der Waals surface area contributed by atoms with Crippen LogP contribution in [0.5, 0.6) is 0 Å². The number of nitrogens with zero attached hydrogens (tertiary/aromatic N) is 2. The van der Waals surface area contributed by atoms with Crippen LogP contribution < -0.4 is 5.32 Å². The third-order valence-corrected chi connectivity index (χ3v) is 6.43. The number of nitrogens with one attached hydrogen (secondary N) is 1. The van der Waals surface area contributed by atoms with Crippen molar-refractivity contribution in [1.82, 2.24) is 10.2 Å². The molecule has 1 aromatic heterocycles. The molecule has 1 atom stereocenters. The van der Waals surface area contributed by atoms with Crippen molar-refractivity contribution in [2.75, 3.05) is 18.5 Å². The van der Waals surface area contributed by atoms with E-state index in [0.717, 1.165) is 50.3 Å². The van der Waals surface area contributed by atoms with Gasteiger partial charge in [0.05, 0.1) is 5.41 Å². The Morgan fingerprint density at radius 1 is 1.24 bits per heavy atom. The van der Waals surface area contributed by atoms with E-state index in [2.05, 4.69) is 40.6 Å². The number of rotatable bonds is 3. The SMILES string of the molecule is CC1(C(=O)Nc2nnc(C3CCOCC3)s2)CCc2ccccc2C1. The van der Waals surface area contributed by atoms with Crippen LogP contribution in [-0.4, -0.2) is 29.3 Å². The van der Waals surface area contributed by atoms with E-state index in [4.69, 9.17) is 4.74 Å². The molecule has 1 aliphatic heterocycles. The third-order valence-electron chi connectivity index (χ3n) is 5.42. The fourth-order valence-corrected chi connectivity index (χ4v) is 4.64. The number of hydrogen-bond acceptors (Lipinski definition) is 5. The van der Waals surface area contributed by atoms with Crippen LogP contribution in [0.2, 0.25) is 0 Å². The first-order chi connectivity index (χ1) is 12.1. The van der Waals surface area contributed by atoms with Crippen molar-refractivity contribution in [1.29, 1.82) is 0 Å². The van der Waals surface area contributed by atoms with Crippen molar-refractivity contribution in [3.05, 3.63) is 40.4 Å². The molecule has 0 spiro atoms. The summed E-state index contributed by atoms with van der Waals surface area (Å²) in [6.45, 7) is 3.62. The third kappa shape index (κ3) is 3.46. The molecule has 5 nitrogen and oxygen atoms in total. The van der Waals surface area contributed by atoms with Gasteiger partial charge in [-0.15, -0.1) is 10.2 Å². The van der Waals surface area contributed by atoms with Gasteiger partial charge in [-0.2, -0.15) is 0 Å². The Balaban J connectivity index is 1.44. The molecule has 25 heavy (non-hydrogen) atoms. The summed E-state index contributed by atoms with van der Waals surface area (Å²) in [6, 6.07) is 8.42. The second-order valence-corrected chi connectivity index (χ2v) is 8.30. The Kier molecular flexibility index (Phi) is 4.56. The van der Waals surface area contributed by atoms with Gasteiger partial charge in [-0.1, -0.05) is 42.5 Å². The highest BCUT2D eigenvalue weighted by atomic mass is 32.1. The number of fused-ring (bicyclic) bond motifs is 1. The molecular weight excluding hydrogens is 334 g/mol. The maximum absolute atomic E-state index is 12.9. The van der Waals surface area contributed by atoms with Gasteiger partial charge in [0.25, 0.3) is 0 Å². The van der Waals surface area contributed by atoms with E-state index in [0.29, 0.717) is 11.0 Å². The number of hydrogen-bond donors (Lipinski definition) is 1. The van der Waals surface area contributed by atoms with Crippen molar-refractivity contribution < 1.29 is 9.53 Å². The Labute approximate surface area is 151 Å². The van der Waals surface area contributed by atoms with Crippen LogP contribution >= 0.6 is 11.3 Å². The zero-order chi connectivity index (χ0) is 17.3. The number of ether oxygens (including phenoxy) is 1. The van der Waals surface area contributed by atoms with Gasteiger partial charge in [0.15, 0.2) is 0 Å². The lowest BCUT2D eigenvalue weighted by Crippen LogP contribution is -2.38. The maximum atomic E-state index is 12.9. The number of carbonyl (C=O) groups excluding carboxylic acids is 1. The highest BCUT2D eigenvalue weighted by molar-refractivity contribution is 7.15. The summed E-state index contributed by atoms with van der Waals surface area (Å²) in [4.78, 5) is 12.9. The minimum absolute atomic E-state index is 0.0525. The summed E-state index contributed by atoms with van der Waals surface area (Å²) in [6.07, 6.45) is 4.56. The second kappa shape index (κ2) is 6.84. The highest BCUT2D eigenvalue weighted by Gasteiger charge is 2.37. The Morgan fingerprint density at radius 2 is 2.00 bits per heavy atom. The molecule has 2 aromatic rings. The highest BCUT2D eigenvalue weighted by Crippen LogP contribution is 2.37. The van der Waals surface area contributed by atoms with Gasteiger partial charge in [0.2, 0.25) is 11.0 Å². The maximum Gasteiger partial charge on any atom is 0.232 e. The van der Waals surface area contributed by atoms with Gasteiger partial charge in [-0.3, -0.25) is 4.79 Å². The predicted octanol–water partition coefficient (Wildman–Crippen LogP) is 3.57. The number of anilines is 1. The molecular formula is C19H23N3O2S. The number of aryl methyl sites for hydroxylation is 1. The van der Waals surface area contributed by atoms with E-state index >= 15 is 0 Å². The Bertz CT molecular complexity index is 770. The largest absolute Gasteiger partial charge is 0.381 e. The molecule has 0 saturated carbocycles. The zero-order valence-corrected chi connectivity index (χ0v) is 15.3. The molecule has 1 saturated heterocycles. The molecule has 2 heterocycles. The summed E-state index contributed by atoms with van der Waals surface area (Å²) >= 11 is 1.51. The lowest BCUT2D eigenvalue weighted by atomic mass is 9.72. The second-order valence-electron chi connectivity index (χ2n) is 7.29. The smallest absolute Gasteiger partial charge is 0.232 e. The van der Waals surface area contributed by atoms with Gasteiger partial charge in [0.1, 0.15) is 5.01 Å². The molecule has 2 aliphatic rings. The topological polar surface area (TPSA) is 64.1 Å². The van der Waals surface area contributed by atoms with Crippen LogP contribution in [0.25, 0.3) is 0 Å². The van der Waals surface area contributed by atoms with E-state index in [1.807, 2.05) is 6.07 Å². The lowest BCUT2D eigenvalue weighted by Gasteiger charge is -2.33. The molecule has 1 amide bonds. The van der Waals surface area contributed by atoms with Crippen molar-refractivity contribution in [3.63, 3.8) is 0 Å². The number of aromatic nitrogens is 2. The molecule has 1 unspecified atom stereocenters. The first-order valence-corrected chi connectivity index (χ1v) is 9.75. The van der Waals surface area contributed by atoms with Crippen LogP contribution in [0.1, 0.15) is 48.2 Å². The zero-order valence-electron chi connectivity index (χ0n) is 14.5. The molecule has 1 N–H and O–H groups in total. The number of amides is 1. The van der Waals surface area contributed by atoms with E-state index in [1.54, 1.807) is 0 Å². The fourth-order valence-electron chi connectivity index (χ4n) is 3.73. The minimum Gasteiger partial charge on any atom is -0.381 e. The standard InChI is InChI=1S/C19H23N3O2S/c1-19(9-6-13-4-2-3-5-15(13)12-19)17(23)20-18-22-21-16(25-18)14-7-10-24-11-8-14/h2-5,14H,6-12H2,1H3,(H,20,22,23). The normalized spacial score (nSPS) is 23.9.